The zero-order valence-corrected chi connectivity index (χ0v) is 18.3. The maximum absolute atomic E-state index is 13.0. The van der Waals surface area contributed by atoms with Gasteiger partial charge in [0, 0.05) is 18.6 Å². The highest BCUT2D eigenvalue weighted by Crippen LogP contribution is 2.32. The maximum Gasteiger partial charge on any atom is 0.331 e. The number of carbonyl (C=O) groups excluding carboxylic acids is 2. The molecule has 1 aliphatic carbocycles. The largest absolute Gasteiger partial charge is 0.467 e. The molecule has 5 heteroatoms. The Balaban J connectivity index is 2.18. The van der Waals surface area contributed by atoms with Crippen molar-refractivity contribution in [2.24, 2.45) is 0 Å². The highest BCUT2D eigenvalue weighted by atomic mass is 16.5. The van der Waals surface area contributed by atoms with Gasteiger partial charge in [0.25, 0.3) is 0 Å². The first-order chi connectivity index (χ1) is 13.8. The van der Waals surface area contributed by atoms with Gasteiger partial charge in [0.2, 0.25) is 5.91 Å². The summed E-state index contributed by atoms with van der Waals surface area (Å²) in [4.78, 5) is 25.6. The molecule has 0 aliphatic heterocycles. The number of ether oxygens (including phenoxy) is 2. The Hall–Kier alpha value is -2.32. The molecule has 1 saturated carbocycles. The molecular formula is C24H33NO4. The van der Waals surface area contributed by atoms with Gasteiger partial charge in [-0.05, 0) is 75.3 Å². The van der Waals surface area contributed by atoms with Crippen molar-refractivity contribution in [1.29, 1.82) is 0 Å². The average Bonchev–Trinajstić information content (AvgIpc) is 2.69. The molecule has 29 heavy (non-hydrogen) atoms. The van der Waals surface area contributed by atoms with E-state index in [9.17, 15) is 9.59 Å². The molecule has 158 valence electrons. The first kappa shape index (κ1) is 23.0. The topological polar surface area (TPSA) is 64.6 Å². The number of rotatable bonds is 7. The van der Waals surface area contributed by atoms with E-state index < -0.39 is 11.5 Å². The van der Waals surface area contributed by atoms with Gasteiger partial charge in [0.1, 0.15) is 5.54 Å². The summed E-state index contributed by atoms with van der Waals surface area (Å²) in [6.07, 6.45) is 3.83. The summed E-state index contributed by atoms with van der Waals surface area (Å²) in [7, 11) is 1.37. The van der Waals surface area contributed by atoms with Gasteiger partial charge in [0.05, 0.1) is 19.6 Å². The van der Waals surface area contributed by atoms with Crippen LogP contribution in [0.25, 0.3) is 0 Å². The molecule has 1 aromatic carbocycles. The van der Waals surface area contributed by atoms with Gasteiger partial charge in [-0.3, -0.25) is 4.79 Å². The van der Waals surface area contributed by atoms with Crippen molar-refractivity contribution in [1.82, 2.24) is 5.32 Å². The van der Waals surface area contributed by atoms with E-state index in [2.05, 4.69) is 24.1 Å². The lowest BCUT2D eigenvalue weighted by Crippen LogP contribution is -2.59. The maximum atomic E-state index is 13.0. The minimum absolute atomic E-state index is 0.0431. The average molecular weight is 400 g/mol. The van der Waals surface area contributed by atoms with Crippen molar-refractivity contribution in [2.45, 2.75) is 77.9 Å². The van der Waals surface area contributed by atoms with Crippen LogP contribution in [0.2, 0.25) is 0 Å². The zero-order valence-electron chi connectivity index (χ0n) is 18.3. The standard InChI is InChI=1S/C24H33NO4/c1-6-9-19-13-17(3)21(18(4)14-19)15-22(26)25-24(23(27)28-5)11-8-10-20(16-24)29-12-7-2/h13-14,20H,7-8,10-12,15-16H2,1-5H3,(H,25,26). The third-order valence-electron chi connectivity index (χ3n) is 5.52. The third kappa shape index (κ3) is 5.83. The van der Waals surface area contributed by atoms with Crippen LogP contribution >= 0.6 is 0 Å². The van der Waals surface area contributed by atoms with Gasteiger partial charge in [-0.2, -0.15) is 0 Å². The Morgan fingerprint density at radius 2 is 1.97 bits per heavy atom. The van der Waals surface area contributed by atoms with Gasteiger partial charge >= 0.3 is 5.97 Å². The predicted octanol–water partition coefficient (Wildman–Crippen LogP) is 3.61. The number of esters is 1. The molecule has 0 aromatic heterocycles. The highest BCUT2D eigenvalue weighted by Gasteiger charge is 2.45. The van der Waals surface area contributed by atoms with E-state index in [0.29, 0.717) is 19.4 Å². The van der Waals surface area contributed by atoms with Crippen LogP contribution in [0.1, 0.15) is 68.2 Å². The molecule has 1 aliphatic rings. The molecule has 0 heterocycles. The summed E-state index contributed by atoms with van der Waals surface area (Å²) >= 11 is 0. The summed E-state index contributed by atoms with van der Waals surface area (Å²) in [6, 6.07) is 3.99. The fraction of sp³-hybridized carbons (Fsp3) is 0.583. The molecule has 1 fully saturated rings. The third-order valence-corrected chi connectivity index (χ3v) is 5.52. The van der Waals surface area contributed by atoms with E-state index in [-0.39, 0.29) is 18.4 Å². The lowest BCUT2D eigenvalue weighted by Gasteiger charge is -2.39. The first-order valence-corrected chi connectivity index (χ1v) is 10.4. The number of hydrogen-bond acceptors (Lipinski definition) is 4. The van der Waals surface area contributed by atoms with Gasteiger partial charge in [-0.1, -0.05) is 12.8 Å². The molecule has 1 N–H and O–H groups in total. The van der Waals surface area contributed by atoms with Crippen LogP contribution in [0.5, 0.6) is 0 Å². The van der Waals surface area contributed by atoms with Crippen LogP contribution in [-0.2, 0) is 25.5 Å². The van der Waals surface area contributed by atoms with Crippen molar-refractivity contribution < 1.29 is 19.1 Å². The highest BCUT2D eigenvalue weighted by molar-refractivity contribution is 5.89. The van der Waals surface area contributed by atoms with E-state index >= 15 is 0 Å². The number of carbonyl (C=O) groups is 2. The molecular weight excluding hydrogens is 366 g/mol. The van der Waals surface area contributed by atoms with Crippen molar-refractivity contribution >= 4 is 11.9 Å². The van der Waals surface area contributed by atoms with Crippen LogP contribution in [0.4, 0.5) is 0 Å². The molecule has 2 rings (SSSR count). The van der Waals surface area contributed by atoms with Crippen molar-refractivity contribution in [3.8, 4) is 11.8 Å². The lowest BCUT2D eigenvalue weighted by atomic mass is 9.79. The Morgan fingerprint density at radius 1 is 1.28 bits per heavy atom. The van der Waals surface area contributed by atoms with Crippen LogP contribution in [0.3, 0.4) is 0 Å². The summed E-state index contributed by atoms with van der Waals surface area (Å²) in [5.41, 5.74) is 2.95. The molecule has 2 atom stereocenters. The van der Waals surface area contributed by atoms with Gasteiger partial charge in [0.15, 0.2) is 0 Å². The summed E-state index contributed by atoms with van der Waals surface area (Å²) in [5.74, 6) is 5.40. The van der Waals surface area contributed by atoms with Crippen LogP contribution < -0.4 is 5.32 Å². The number of aryl methyl sites for hydroxylation is 2. The first-order valence-electron chi connectivity index (χ1n) is 10.4. The van der Waals surface area contributed by atoms with Crippen molar-refractivity contribution in [2.75, 3.05) is 13.7 Å². The zero-order chi connectivity index (χ0) is 21.4. The Bertz CT molecular complexity index is 782. The number of amides is 1. The van der Waals surface area contributed by atoms with E-state index in [1.807, 2.05) is 26.0 Å². The van der Waals surface area contributed by atoms with Gasteiger partial charge in [-0.15, -0.1) is 5.92 Å². The van der Waals surface area contributed by atoms with E-state index in [4.69, 9.17) is 9.47 Å². The fourth-order valence-electron chi connectivity index (χ4n) is 4.16. The molecule has 1 amide bonds. The predicted molar refractivity (Wildman–Crippen MR) is 114 cm³/mol. The fourth-order valence-corrected chi connectivity index (χ4v) is 4.16. The van der Waals surface area contributed by atoms with Crippen LogP contribution in [0.15, 0.2) is 12.1 Å². The SMILES string of the molecule is CC#Cc1cc(C)c(CC(=O)NC2(C(=O)OC)CCCC(OCCC)C2)c(C)c1. The second kappa shape index (κ2) is 10.5. The number of nitrogens with one attached hydrogen (secondary N) is 1. The summed E-state index contributed by atoms with van der Waals surface area (Å²) in [5, 5.41) is 3.01. The molecule has 2 unspecified atom stereocenters. The van der Waals surface area contributed by atoms with E-state index in [1.54, 1.807) is 6.92 Å². The minimum atomic E-state index is -1.02. The minimum Gasteiger partial charge on any atom is -0.467 e. The molecule has 0 bridgehead atoms. The molecule has 0 radical (unpaired) electrons. The smallest absolute Gasteiger partial charge is 0.331 e. The lowest BCUT2D eigenvalue weighted by molar-refractivity contribution is -0.155. The van der Waals surface area contributed by atoms with Crippen LogP contribution in [0, 0.1) is 25.7 Å². The van der Waals surface area contributed by atoms with Gasteiger partial charge in [-0.25, -0.2) is 4.79 Å². The molecule has 0 spiro atoms. The summed E-state index contributed by atoms with van der Waals surface area (Å²) < 4.78 is 10.9. The number of benzene rings is 1. The van der Waals surface area contributed by atoms with Gasteiger partial charge < -0.3 is 14.8 Å². The number of hydrogen-bond donors (Lipinski definition) is 1. The summed E-state index contributed by atoms with van der Waals surface area (Å²) in [6.45, 7) is 8.49. The van der Waals surface area contributed by atoms with E-state index in [0.717, 1.165) is 41.5 Å². The molecule has 1 aromatic rings. The second-order valence-electron chi connectivity index (χ2n) is 7.85. The Labute approximate surface area is 174 Å². The van der Waals surface area contributed by atoms with E-state index in [1.165, 1.54) is 7.11 Å². The van der Waals surface area contributed by atoms with Crippen molar-refractivity contribution in [3.63, 3.8) is 0 Å². The quantitative estimate of drug-likeness (QED) is 0.562. The molecule has 5 nitrogen and oxygen atoms in total. The molecule has 0 saturated heterocycles. The number of methoxy groups -OCH3 is 1. The monoisotopic (exact) mass is 399 g/mol. The van der Waals surface area contributed by atoms with Crippen molar-refractivity contribution in [3.05, 3.63) is 34.4 Å². The Morgan fingerprint density at radius 3 is 2.55 bits per heavy atom. The normalized spacial score (nSPS) is 21.1. The van der Waals surface area contributed by atoms with Crippen LogP contribution in [-0.4, -0.2) is 37.2 Å². The Kier molecular flexibility index (Phi) is 8.28. The second-order valence-corrected chi connectivity index (χ2v) is 7.85.